The van der Waals surface area contributed by atoms with Gasteiger partial charge in [0.1, 0.15) is 0 Å². The van der Waals surface area contributed by atoms with Crippen molar-refractivity contribution < 1.29 is 0 Å². The summed E-state index contributed by atoms with van der Waals surface area (Å²) < 4.78 is 0. The van der Waals surface area contributed by atoms with Crippen molar-refractivity contribution in [3.05, 3.63) is 52.1 Å². The fourth-order valence-corrected chi connectivity index (χ4v) is 2.56. The van der Waals surface area contributed by atoms with Crippen LogP contribution in [0.25, 0.3) is 5.57 Å². The van der Waals surface area contributed by atoms with Crippen molar-refractivity contribution in [3.63, 3.8) is 0 Å². The predicted molar refractivity (Wildman–Crippen MR) is 71.3 cm³/mol. The van der Waals surface area contributed by atoms with E-state index in [1.807, 2.05) is 0 Å². The molecule has 0 heteroatoms. The molecule has 1 aromatic rings. The van der Waals surface area contributed by atoms with Crippen molar-refractivity contribution in [1.82, 2.24) is 0 Å². The Balaban J connectivity index is 2.48. The molecule has 0 heterocycles. The van der Waals surface area contributed by atoms with E-state index in [2.05, 4.69) is 58.9 Å². The maximum Gasteiger partial charge on any atom is 0.00315 e. The highest BCUT2D eigenvalue weighted by atomic mass is 14.3. The summed E-state index contributed by atoms with van der Waals surface area (Å²) in [5, 5.41) is 0. The van der Waals surface area contributed by atoms with E-state index in [4.69, 9.17) is 0 Å². The molecule has 0 fully saturated rings. The van der Waals surface area contributed by atoms with Gasteiger partial charge in [-0.05, 0) is 50.0 Å². The van der Waals surface area contributed by atoms with E-state index >= 15 is 0 Å². The van der Waals surface area contributed by atoms with Crippen LogP contribution in [0.3, 0.4) is 0 Å². The van der Waals surface area contributed by atoms with Crippen LogP contribution in [-0.4, -0.2) is 0 Å². The van der Waals surface area contributed by atoms with E-state index in [1.165, 1.54) is 33.4 Å². The predicted octanol–water partition coefficient (Wildman–Crippen LogP) is 4.75. The zero-order valence-electron chi connectivity index (χ0n) is 10.9. The SMILES string of the molecule is CC1=C(C)C(C)C(c2ccc(C)cc2)=C1C. The van der Waals surface area contributed by atoms with Crippen molar-refractivity contribution in [1.29, 1.82) is 0 Å². The maximum atomic E-state index is 2.31. The molecular formula is C16H20. The molecule has 0 nitrogen and oxygen atoms in total. The molecule has 0 amide bonds. The average Bonchev–Trinajstić information content (AvgIpc) is 2.46. The molecule has 1 aliphatic carbocycles. The fourth-order valence-electron chi connectivity index (χ4n) is 2.56. The van der Waals surface area contributed by atoms with Gasteiger partial charge >= 0.3 is 0 Å². The van der Waals surface area contributed by atoms with Crippen LogP contribution < -0.4 is 0 Å². The number of benzene rings is 1. The Morgan fingerprint density at radius 2 is 1.38 bits per heavy atom. The van der Waals surface area contributed by atoms with Crippen LogP contribution in [0.2, 0.25) is 0 Å². The Morgan fingerprint density at radius 3 is 1.81 bits per heavy atom. The number of hydrogen-bond donors (Lipinski definition) is 0. The second-order valence-corrected chi connectivity index (χ2v) is 4.93. The number of rotatable bonds is 1. The molecule has 1 aromatic carbocycles. The Labute approximate surface area is 98.7 Å². The third kappa shape index (κ3) is 1.63. The van der Waals surface area contributed by atoms with Crippen molar-refractivity contribution >= 4 is 5.57 Å². The smallest absolute Gasteiger partial charge is 0.00315 e. The number of hydrogen-bond acceptors (Lipinski definition) is 0. The number of aryl methyl sites for hydroxylation is 1. The Morgan fingerprint density at radius 1 is 0.812 bits per heavy atom. The van der Waals surface area contributed by atoms with Crippen LogP contribution >= 0.6 is 0 Å². The van der Waals surface area contributed by atoms with Crippen LogP contribution in [0.15, 0.2) is 41.0 Å². The first kappa shape index (κ1) is 11.2. The van der Waals surface area contributed by atoms with Gasteiger partial charge in [0.2, 0.25) is 0 Å². The molecule has 2 rings (SSSR count). The summed E-state index contributed by atoms with van der Waals surface area (Å²) in [5.74, 6) is 0.572. The molecule has 84 valence electrons. The molecule has 16 heavy (non-hydrogen) atoms. The van der Waals surface area contributed by atoms with E-state index < -0.39 is 0 Å². The largest absolute Gasteiger partial charge is 0.0629 e. The third-order valence-electron chi connectivity index (χ3n) is 4.00. The van der Waals surface area contributed by atoms with Crippen LogP contribution in [0.4, 0.5) is 0 Å². The van der Waals surface area contributed by atoms with E-state index in [0.717, 1.165) is 0 Å². The van der Waals surface area contributed by atoms with Gasteiger partial charge in [-0.15, -0.1) is 0 Å². The van der Waals surface area contributed by atoms with Gasteiger partial charge in [-0.1, -0.05) is 42.3 Å². The van der Waals surface area contributed by atoms with Gasteiger partial charge in [-0.25, -0.2) is 0 Å². The minimum Gasteiger partial charge on any atom is -0.0629 e. The Hall–Kier alpha value is -1.30. The van der Waals surface area contributed by atoms with E-state index in [1.54, 1.807) is 0 Å². The molecule has 0 saturated carbocycles. The zero-order chi connectivity index (χ0) is 11.9. The molecular weight excluding hydrogens is 192 g/mol. The van der Waals surface area contributed by atoms with Crippen molar-refractivity contribution in [2.45, 2.75) is 34.6 Å². The molecule has 0 aromatic heterocycles. The van der Waals surface area contributed by atoms with Crippen LogP contribution in [0, 0.1) is 12.8 Å². The summed E-state index contributed by atoms with van der Waals surface area (Å²) in [6.07, 6.45) is 0. The molecule has 0 N–H and O–H groups in total. The highest BCUT2D eigenvalue weighted by molar-refractivity contribution is 5.79. The summed E-state index contributed by atoms with van der Waals surface area (Å²) in [6, 6.07) is 8.89. The molecule has 1 aliphatic rings. The topological polar surface area (TPSA) is 0 Å². The monoisotopic (exact) mass is 212 g/mol. The zero-order valence-corrected chi connectivity index (χ0v) is 10.9. The van der Waals surface area contributed by atoms with Crippen LogP contribution in [0.1, 0.15) is 38.8 Å². The molecule has 0 aliphatic heterocycles. The standard InChI is InChI=1S/C16H20/c1-10-6-8-15(9-7-10)16-13(4)11(2)12(3)14(16)5/h6-9,13H,1-5H3. The third-order valence-corrected chi connectivity index (χ3v) is 4.00. The van der Waals surface area contributed by atoms with Crippen LogP contribution in [0.5, 0.6) is 0 Å². The maximum absolute atomic E-state index is 2.31. The Kier molecular flexibility index (Phi) is 2.75. The van der Waals surface area contributed by atoms with Gasteiger partial charge in [0.15, 0.2) is 0 Å². The minimum atomic E-state index is 0.572. The first-order chi connectivity index (χ1) is 7.52. The first-order valence-corrected chi connectivity index (χ1v) is 5.98. The van der Waals surface area contributed by atoms with E-state index in [-0.39, 0.29) is 0 Å². The second kappa shape index (κ2) is 3.93. The lowest BCUT2D eigenvalue weighted by Crippen LogP contribution is -1.96. The van der Waals surface area contributed by atoms with Gasteiger partial charge < -0.3 is 0 Å². The first-order valence-electron chi connectivity index (χ1n) is 5.98. The lowest BCUT2D eigenvalue weighted by molar-refractivity contribution is 0.895. The average molecular weight is 212 g/mol. The van der Waals surface area contributed by atoms with Gasteiger partial charge in [-0.2, -0.15) is 0 Å². The minimum absolute atomic E-state index is 0.572. The highest BCUT2D eigenvalue weighted by Crippen LogP contribution is 2.42. The van der Waals surface area contributed by atoms with Gasteiger partial charge in [0, 0.05) is 5.92 Å². The summed E-state index contributed by atoms with van der Waals surface area (Å²) in [7, 11) is 0. The van der Waals surface area contributed by atoms with Crippen molar-refractivity contribution in [2.24, 2.45) is 5.92 Å². The van der Waals surface area contributed by atoms with E-state index in [0.29, 0.717) is 5.92 Å². The molecule has 1 atom stereocenters. The van der Waals surface area contributed by atoms with Crippen molar-refractivity contribution in [3.8, 4) is 0 Å². The van der Waals surface area contributed by atoms with Gasteiger partial charge in [0.05, 0.1) is 0 Å². The molecule has 0 spiro atoms. The lowest BCUT2D eigenvalue weighted by atomic mass is 9.91. The van der Waals surface area contributed by atoms with Crippen LogP contribution in [-0.2, 0) is 0 Å². The van der Waals surface area contributed by atoms with Gasteiger partial charge in [-0.3, -0.25) is 0 Å². The normalized spacial score (nSPS) is 20.9. The van der Waals surface area contributed by atoms with Gasteiger partial charge in [0.25, 0.3) is 0 Å². The highest BCUT2D eigenvalue weighted by Gasteiger charge is 2.24. The molecule has 0 saturated heterocycles. The summed E-state index contributed by atoms with van der Waals surface area (Å²) in [4.78, 5) is 0. The molecule has 0 radical (unpaired) electrons. The fraction of sp³-hybridized carbons (Fsp3) is 0.375. The summed E-state index contributed by atoms with van der Waals surface area (Å²) in [6.45, 7) is 11.2. The molecule has 0 bridgehead atoms. The quantitative estimate of drug-likeness (QED) is 0.630. The lowest BCUT2D eigenvalue weighted by Gasteiger charge is -2.13. The van der Waals surface area contributed by atoms with E-state index in [9.17, 15) is 0 Å². The molecule has 1 unspecified atom stereocenters. The Bertz CT molecular complexity index is 469. The second-order valence-electron chi connectivity index (χ2n) is 4.93. The summed E-state index contributed by atoms with van der Waals surface area (Å²) >= 11 is 0. The number of allylic oxidation sites excluding steroid dienone is 4. The summed E-state index contributed by atoms with van der Waals surface area (Å²) in [5.41, 5.74) is 8.68. The van der Waals surface area contributed by atoms with Crippen molar-refractivity contribution in [2.75, 3.05) is 0 Å².